The average molecular weight is 421 g/mol. The predicted molar refractivity (Wildman–Crippen MR) is 116 cm³/mol. The Bertz CT molecular complexity index is 926. The van der Waals surface area contributed by atoms with Gasteiger partial charge in [0.1, 0.15) is 5.82 Å². The van der Waals surface area contributed by atoms with Gasteiger partial charge in [-0.3, -0.25) is 0 Å². The Morgan fingerprint density at radius 3 is 2.37 bits per heavy atom. The molecular weight excluding hydrogens is 399 g/mol. The van der Waals surface area contributed by atoms with E-state index in [1.54, 1.807) is 0 Å². The van der Waals surface area contributed by atoms with E-state index in [1.807, 2.05) is 36.4 Å². The lowest BCUT2D eigenvalue weighted by Crippen LogP contribution is -2.06. The van der Waals surface area contributed by atoms with E-state index < -0.39 is 0 Å². The van der Waals surface area contributed by atoms with Crippen molar-refractivity contribution in [3.8, 4) is 0 Å². The van der Waals surface area contributed by atoms with Gasteiger partial charge >= 0.3 is 0 Å². The van der Waals surface area contributed by atoms with Crippen molar-refractivity contribution in [1.82, 2.24) is 0 Å². The summed E-state index contributed by atoms with van der Waals surface area (Å²) in [6, 6.07) is 23.3. The second-order valence-electron chi connectivity index (χ2n) is 6.63. The molecule has 0 fully saturated rings. The highest BCUT2D eigenvalue weighted by Gasteiger charge is 2.18. The molecule has 136 valence electrons. The minimum Gasteiger partial charge on any atom is -0.207 e. The molecule has 1 atom stereocenters. The molecule has 0 heterocycles. The van der Waals surface area contributed by atoms with Gasteiger partial charge in [0.25, 0.3) is 0 Å². The molecule has 3 aromatic carbocycles. The van der Waals surface area contributed by atoms with Crippen LogP contribution in [0.1, 0.15) is 34.6 Å². The van der Waals surface area contributed by atoms with Crippen LogP contribution in [-0.4, -0.2) is 0 Å². The van der Waals surface area contributed by atoms with Crippen LogP contribution in [0.25, 0.3) is 5.57 Å². The van der Waals surface area contributed by atoms with Gasteiger partial charge in [0.2, 0.25) is 0 Å². The minimum absolute atomic E-state index is 0.209. The molecule has 0 aliphatic rings. The highest BCUT2D eigenvalue weighted by atomic mass is 79.9. The first kappa shape index (κ1) is 19.3. The van der Waals surface area contributed by atoms with Crippen LogP contribution in [0.15, 0.2) is 96.5 Å². The van der Waals surface area contributed by atoms with Gasteiger partial charge in [-0.1, -0.05) is 77.1 Å². The first-order valence-electron chi connectivity index (χ1n) is 8.98. The number of benzene rings is 3. The molecule has 27 heavy (non-hydrogen) atoms. The molecule has 0 spiro atoms. The monoisotopic (exact) mass is 420 g/mol. The van der Waals surface area contributed by atoms with E-state index in [0.717, 1.165) is 39.6 Å². The number of halogens is 2. The summed E-state index contributed by atoms with van der Waals surface area (Å²) in [6.45, 7) is 8.30. The third kappa shape index (κ3) is 4.84. The van der Waals surface area contributed by atoms with Crippen molar-refractivity contribution >= 4 is 21.5 Å². The molecule has 3 aromatic rings. The van der Waals surface area contributed by atoms with Crippen LogP contribution in [-0.2, 0) is 6.42 Å². The standard InChI is InChI=1S/C25H22BrF/c1-3-7-21(16-19-10-13-23(27)14-11-19)25-17-22(26)12-15-24(25)18(2)20-8-5-4-6-9-20/h3-6,8-15,17,21H,1-2,7,16H2. The van der Waals surface area contributed by atoms with Gasteiger partial charge in [-0.05, 0) is 70.9 Å². The van der Waals surface area contributed by atoms with E-state index in [-0.39, 0.29) is 11.7 Å². The molecule has 0 aromatic heterocycles. The molecule has 0 aliphatic carbocycles. The van der Waals surface area contributed by atoms with Crippen molar-refractivity contribution in [3.05, 3.63) is 125 Å². The van der Waals surface area contributed by atoms with Crippen LogP contribution in [0, 0.1) is 5.82 Å². The highest BCUT2D eigenvalue weighted by molar-refractivity contribution is 9.10. The molecular formula is C25H22BrF. The second-order valence-corrected chi connectivity index (χ2v) is 7.54. The average Bonchev–Trinajstić information content (AvgIpc) is 2.69. The molecule has 0 aliphatic heterocycles. The molecule has 0 bridgehead atoms. The fourth-order valence-corrected chi connectivity index (χ4v) is 3.75. The maximum absolute atomic E-state index is 13.3. The number of hydrogen-bond acceptors (Lipinski definition) is 0. The van der Waals surface area contributed by atoms with Crippen LogP contribution < -0.4 is 0 Å². The van der Waals surface area contributed by atoms with Crippen molar-refractivity contribution in [3.63, 3.8) is 0 Å². The third-order valence-electron chi connectivity index (χ3n) is 4.75. The highest BCUT2D eigenvalue weighted by Crippen LogP contribution is 2.35. The summed E-state index contributed by atoms with van der Waals surface area (Å²) in [5, 5.41) is 0. The summed E-state index contributed by atoms with van der Waals surface area (Å²) < 4.78 is 14.3. The minimum atomic E-state index is -0.209. The number of rotatable bonds is 7. The Hall–Kier alpha value is -2.45. The summed E-state index contributed by atoms with van der Waals surface area (Å²) in [4.78, 5) is 0. The van der Waals surface area contributed by atoms with Crippen LogP contribution >= 0.6 is 15.9 Å². The molecule has 0 radical (unpaired) electrons. The number of allylic oxidation sites excluding steroid dienone is 1. The lowest BCUT2D eigenvalue weighted by molar-refractivity contribution is 0.625. The summed E-state index contributed by atoms with van der Waals surface area (Å²) in [7, 11) is 0. The zero-order valence-electron chi connectivity index (χ0n) is 15.2. The SMILES string of the molecule is C=CCC(Cc1ccc(F)cc1)c1cc(Br)ccc1C(=C)c1ccccc1. The Morgan fingerprint density at radius 2 is 1.70 bits per heavy atom. The number of hydrogen-bond donors (Lipinski definition) is 0. The molecule has 0 saturated carbocycles. The maximum Gasteiger partial charge on any atom is 0.123 e. The van der Waals surface area contributed by atoms with Gasteiger partial charge < -0.3 is 0 Å². The Kier molecular flexibility index (Phi) is 6.41. The van der Waals surface area contributed by atoms with Crippen LogP contribution in [0.4, 0.5) is 4.39 Å². The van der Waals surface area contributed by atoms with Crippen molar-refractivity contribution in [1.29, 1.82) is 0 Å². The molecule has 0 amide bonds. The summed E-state index contributed by atoms with van der Waals surface area (Å²) in [5.74, 6) is 0.0283. The molecule has 1 unspecified atom stereocenters. The maximum atomic E-state index is 13.3. The Labute approximate surface area is 169 Å². The van der Waals surface area contributed by atoms with Gasteiger partial charge in [-0.2, -0.15) is 0 Å². The first-order chi connectivity index (χ1) is 13.1. The molecule has 3 rings (SSSR count). The van der Waals surface area contributed by atoms with Crippen molar-refractivity contribution in [2.45, 2.75) is 18.8 Å². The van der Waals surface area contributed by atoms with Gasteiger partial charge in [0.15, 0.2) is 0 Å². The molecule has 0 saturated heterocycles. The zero-order chi connectivity index (χ0) is 19.2. The Morgan fingerprint density at radius 1 is 1.00 bits per heavy atom. The normalized spacial score (nSPS) is 11.8. The van der Waals surface area contributed by atoms with Crippen molar-refractivity contribution in [2.24, 2.45) is 0 Å². The van der Waals surface area contributed by atoms with Crippen molar-refractivity contribution < 1.29 is 4.39 Å². The molecule has 0 N–H and O–H groups in total. The predicted octanol–water partition coefficient (Wildman–Crippen LogP) is 7.55. The fraction of sp³-hybridized carbons (Fsp3) is 0.120. The van der Waals surface area contributed by atoms with E-state index in [9.17, 15) is 4.39 Å². The fourth-order valence-electron chi connectivity index (χ4n) is 3.37. The summed E-state index contributed by atoms with van der Waals surface area (Å²) in [6.07, 6.45) is 3.60. The summed E-state index contributed by atoms with van der Waals surface area (Å²) in [5.41, 5.74) is 5.59. The third-order valence-corrected chi connectivity index (χ3v) is 5.24. The van der Waals surface area contributed by atoms with Crippen LogP contribution in [0.5, 0.6) is 0 Å². The first-order valence-corrected chi connectivity index (χ1v) is 9.77. The van der Waals surface area contributed by atoms with Gasteiger partial charge in [-0.25, -0.2) is 4.39 Å². The molecule has 2 heteroatoms. The topological polar surface area (TPSA) is 0 Å². The van der Waals surface area contributed by atoms with Crippen LogP contribution in [0.2, 0.25) is 0 Å². The van der Waals surface area contributed by atoms with Crippen LogP contribution in [0.3, 0.4) is 0 Å². The smallest absolute Gasteiger partial charge is 0.123 e. The van der Waals surface area contributed by atoms with E-state index in [1.165, 1.54) is 17.7 Å². The summed E-state index contributed by atoms with van der Waals surface area (Å²) >= 11 is 3.61. The largest absolute Gasteiger partial charge is 0.207 e. The van der Waals surface area contributed by atoms with E-state index in [4.69, 9.17) is 0 Å². The zero-order valence-corrected chi connectivity index (χ0v) is 16.8. The van der Waals surface area contributed by atoms with Gasteiger partial charge in [0.05, 0.1) is 0 Å². The van der Waals surface area contributed by atoms with Crippen molar-refractivity contribution in [2.75, 3.05) is 0 Å². The lowest BCUT2D eigenvalue weighted by Gasteiger charge is -2.21. The van der Waals surface area contributed by atoms with E-state index >= 15 is 0 Å². The quantitative estimate of drug-likeness (QED) is 0.346. The van der Waals surface area contributed by atoms with Gasteiger partial charge in [0, 0.05) is 4.47 Å². The van der Waals surface area contributed by atoms with E-state index in [0.29, 0.717) is 0 Å². The lowest BCUT2D eigenvalue weighted by atomic mass is 9.83. The van der Waals surface area contributed by atoms with Gasteiger partial charge in [-0.15, -0.1) is 6.58 Å². The second kappa shape index (κ2) is 8.96. The Balaban J connectivity index is 2.01. The van der Waals surface area contributed by atoms with E-state index in [2.05, 4.69) is 59.4 Å². The molecule has 0 nitrogen and oxygen atoms in total.